The van der Waals surface area contributed by atoms with Crippen LogP contribution in [-0.4, -0.2) is 5.75 Å². The Hall–Kier alpha value is -0.770. The molecule has 0 aliphatic heterocycles. The average molecular weight is 229 g/mol. The Morgan fingerprint density at radius 1 is 1.27 bits per heavy atom. The van der Waals surface area contributed by atoms with Gasteiger partial charge >= 0.3 is 0 Å². The predicted molar refractivity (Wildman–Crippen MR) is 58.8 cm³/mol. The molecule has 82 valence electrons. The quantitative estimate of drug-likeness (QED) is 0.632. The van der Waals surface area contributed by atoms with Gasteiger partial charge in [-0.05, 0) is 30.2 Å². The minimum absolute atomic E-state index is 0.102. The van der Waals surface area contributed by atoms with Crippen LogP contribution in [0.25, 0.3) is 0 Å². The second-order valence-electron chi connectivity index (χ2n) is 3.89. The number of thioether (sulfide) groups is 1. The van der Waals surface area contributed by atoms with Gasteiger partial charge in [-0.3, -0.25) is 0 Å². The van der Waals surface area contributed by atoms with Crippen LogP contribution in [0.15, 0.2) is 17.0 Å². The molecule has 0 bridgehead atoms. The zero-order chi connectivity index (χ0) is 10.8. The fourth-order valence-electron chi connectivity index (χ4n) is 1.45. The van der Waals surface area contributed by atoms with Crippen molar-refractivity contribution in [3.05, 3.63) is 23.8 Å². The van der Waals surface area contributed by atoms with Crippen molar-refractivity contribution in [2.75, 3.05) is 11.5 Å². The lowest BCUT2D eigenvalue weighted by Gasteiger charge is -2.05. The lowest BCUT2D eigenvalue weighted by atomic mass is 10.3. The molecule has 1 aliphatic carbocycles. The summed E-state index contributed by atoms with van der Waals surface area (Å²) in [7, 11) is 0. The van der Waals surface area contributed by atoms with Crippen LogP contribution < -0.4 is 5.73 Å². The summed E-state index contributed by atoms with van der Waals surface area (Å²) in [5, 5.41) is 0. The molecule has 0 aromatic heterocycles. The summed E-state index contributed by atoms with van der Waals surface area (Å²) in [4.78, 5) is 0.102. The summed E-state index contributed by atoms with van der Waals surface area (Å²) in [6, 6.07) is 2.34. The maximum atomic E-state index is 13.3. The fourth-order valence-corrected chi connectivity index (χ4v) is 2.50. The number of nitrogen functional groups attached to an aromatic ring is 1. The fraction of sp³-hybridized carbons (Fsp3) is 0.455. The van der Waals surface area contributed by atoms with E-state index in [9.17, 15) is 8.78 Å². The lowest BCUT2D eigenvalue weighted by molar-refractivity contribution is 0.541. The zero-order valence-electron chi connectivity index (χ0n) is 8.30. The largest absolute Gasteiger partial charge is 0.399 e. The molecule has 0 spiro atoms. The summed E-state index contributed by atoms with van der Waals surface area (Å²) >= 11 is 1.25. The van der Waals surface area contributed by atoms with Crippen LogP contribution in [0.2, 0.25) is 0 Å². The molecular formula is C11H13F2NS. The molecule has 0 unspecified atom stereocenters. The van der Waals surface area contributed by atoms with Crippen LogP contribution >= 0.6 is 11.8 Å². The molecule has 1 aromatic carbocycles. The minimum atomic E-state index is -0.548. The van der Waals surface area contributed by atoms with Crippen molar-refractivity contribution < 1.29 is 8.78 Å². The van der Waals surface area contributed by atoms with Crippen molar-refractivity contribution in [1.82, 2.24) is 0 Å². The van der Waals surface area contributed by atoms with E-state index < -0.39 is 11.6 Å². The average Bonchev–Trinajstić information content (AvgIpc) is 2.93. The first-order chi connectivity index (χ1) is 7.16. The number of anilines is 1. The summed E-state index contributed by atoms with van der Waals surface area (Å²) < 4.78 is 26.6. The van der Waals surface area contributed by atoms with Gasteiger partial charge in [0.15, 0.2) is 0 Å². The van der Waals surface area contributed by atoms with Gasteiger partial charge in [0.25, 0.3) is 0 Å². The molecule has 0 amide bonds. The van der Waals surface area contributed by atoms with Gasteiger partial charge in [-0.2, -0.15) is 0 Å². The monoisotopic (exact) mass is 229 g/mol. The Kier molecular flexibility index (Phi) is 3.14. The molecule has 1 nitrogen and oxygen atoms in total. The third-order valence-corrected chi connectivity index (χ3v) is 3.61. The van der Waals surface area contributed by atoms with Crippen molar-refractivity contribution in [3.63, 3.8) is 0 Å². The summed E-state index contributed by atoms with van der Waals surface area (Å²) in [6.07, 6.45) is 3.59. The smallest absolute Gasteiger partial charge is 0.141 e. The van der Waals surface area contributed by atoms with Crippen molar-refractivity contribution in [3.8, 4) is 0 Å². The molecular weight excluding hydrogens is 216 g/mol. The Morgan fingerprint density at radius 2 is 1.87 bits per heavy atom. The Balaban J connectivity index is 1.99. The third kappa shape index (κ3) is 2.84. The third-order valence-electron chi connectivity index (χ3n) is 2.49. The van der Waals surface area contributed by atoms with Crippen LogP contribution in [0.5, 0.6) is 0 Å². The molecule has 1 saturated carbocycles. The SMILES string of the molecule is Nc1cc(F)c(SCCC2CC2)c(F)c1. The van der Waals surface area contributed by atoms with E-state index >= 15 is 0 Å². The Labute approximate surface area is 92.0 Å². The van der Waals surface area contributed by atoms with E-state index in [2.05, 4.69) is 0 Å². The minimum Gasteiger partial charge on any atom is -0.399 e. The van der Waals surface area contributed by atoms with Gasteiger partial charge < -0.3 is 5.73 Å². The Morgan fingerprint density at radius 3 is 2.40 bits per heavy atom. The number of halogens is 2. The summed E-state index contributed by atoms with van der Waals surface area (Å²) in [5.74, 6) is 0.474. The van der Waals surface area contributed by atoms with Gasteiger partial charge in [0.05, 0.1) is 4.90 Å². The van der Waals surface area contributed by atoms with E-state index in [4.69, 9.17) is 5.73 Å². The normalized spacial score (nSPS) is 15.6. The molecule has 15 heavy (non-hydrogen) atoms. The van der Waals surface area contributed by atoms with Crippen LogP contribution in [0, 0.1) is 17.6 Å². The molecule has 1 aliphatic rings. The maximum Gasteiger partial charge on any atom is 0.141 e. The molecule has 1 aromatic rings. The first kappa shape index (κ1) is 10.7. The van der Waals surface area contributed by atoms with Crippen LogP contribution in [0.3, 0.4) is 0 Å². The molecule has 0 heterocycles. The highest BCUT2D eigenvalue weighted by molar-refractivity contribution is 7.99. The van der Waals surface area contributed by atoms with E-state index in [0.717, 1.165) is 18.1 Å². The van der Waals surface area contributed by atoms with Crippen LogP contribution in [0.1, 0.15) is 19.3 Å². The van der Waals surface area contributed by atoms with Gasteiger partial charge in [0.2, 0.25) is 0 Å². The first-order valence-electron chi connectivity index (χ1n) is 5.04. The highest BCUT2D eigenvalue weighted by Gasteiger charge is 2.21. The van der Waals surface area contributed by atoms with Crippen LogP contribution in [-0.2, 0) is 0 Å². The molecule has 0 atom stereocenters. The van der Waals surface area contributed by atoms with Gasteiger partial charge in [0, 0.05) is 5.69 Å². The number of hydrogen-bond acceptors (Lipinski definition) is 2. The van der Waals surface area contributed by atoms with Crippen molar-refractivity contribution in [2.45, 2.75) is 24.2 Å². The van der Waals surface area contributed by atoms with Crippen LogP contribution in [0.4, 0.5) is 14.5 Å². The maximum absolute atomic E-state index is 13.3. The predicted octanol–water partition coefficient (Wildman–Crippen LogP) is 3.44. The number of rotatable bonds is 4. The Bertz CT molecular complexity index is 341. The van der Waals surface area contributed by atoms with E-state index in [0.29, 0.717) is 0 Å². The van der Waals surface area contributed by atoms with Gasteiger partial charge in [-0.1, -0.05) is 12.8 Å². The standard InChI is InChI=1S/C11H13F2NS/c12-9-5-8(14)6-10(13)11(9)15-4-3-7-1-2-7/h5-7H,1-4,14H2. The van der Waals surface area contributed by atoms with E-state index in [-0.39, 0.29) is 10.6 Å². The van der Waals surface area contributed by atoms with E-state index in [1.165, 1.54) is 36.7 Å². The lowest BCUT2D eigenvalue weighted by Crippen LogP contribution is -1.94. The molecule has 0 saturated heterocycles. The van der Waals surface area contributed by atoms with E-state index in [1.807, 2.05) is 0 Å². The zero-order valence-corrected chi connectivity index (χ0v) is 9.12. The van der Waals surface area contributed by atoms with Crippen molar-refractivity contribution in [2.24, 2.45) is 5.92 Å². The van der Waals surface area contributed by atoms with Crippen molar-refractivity contribution >= 4 is 17.4 Å². The highest BCUT2D eigenvalue weighted by atomic mass is 32.2. The number of hydrogen-bond donors (Lipinski definition) is 1. The van der Waals surface area contributed by atoms with Gasteiger partial charge in [0.1, 0.15) is 11.6 Å². The first-order valence-corrected chi connectivity index (χ1v) is 6.02. The summed E-state index contributed by atoms with van der Waals surface area (Å²) in [6.45, 7) is 0. The molecule has 0 radical (unpaired) electrons. The van der Waals surface area contributed by atoms with Gasteiger partial charge in [-0.25, -0.2) is 8.78 Å². The molecule has 2 rings (SSSR count). The van der Waals surface area contributed by atoms with E-state index in [1.54, 1.807) is 0 Å². The summed E-state index contributed by atoms with van der Waals surface area (Å²) in [5.41, 5.74) is 5.46. The highest BCUT2D eigenvalue weighted by Crippen LogP contribution is 2.35. The number of nitrogens with two attached hydrogens (primary N) is 1. The second kappa shape index (κ2) is 4.39. The molecule has 2 N–H and O–H groups in total. The number of benzene rings is 1. The second-order valence-corrected chi connectivity index (χ2v) is 5.00. The topological polar surface area (TPSA) is 26.0 Å². The van der Waals surface area contributed by atoms with Gasteiger partial charge in [-0.15, -0.1) is 11.8 Å². The molecule has 4 heteroatoms. The van der Waals surface area contributed by atoms with Crippen molar-refractivity contribution in [1.29, 1.82) is 0 Å². The molecule has 1 fully saturated rings.